The minimum Gasteiger partial charge on any atom is -0.299 e. The quantitative estimate of drug-likeness (QED) is 0.570. The summed E-state index contributed by atoms with van der Waals surface area (Å²) in [5, 5.41) is 0. The zero-order chi connectivity index (χ0) is 7.14. The maximum Gasteiger partial charge on any atom is 0.135 e. The van der Waals surface area contributed by atoms with Crippen molar-refractivity contribution in [2.75, 3.05) is 0 Å². The van der Waals surface area contributed by atoms with Gasteiger partial charge in [-0.2, -0.15) is 0 Å². The van der Waals surface area contributed by atoms with Gasteiger partial charge in [0.15, 0.2) is 0 Å². The van der Waals surface area contributed by atoms with Gasteiger partial charge in [0.05, 0.1) is 0 Å². The summed E-state index contributed by atoms with van der Waals surface area (Å²) < 4.78 is 0. The van der Waals surface area contributed by atoms with Crippen LogP contribution in [-0.4, -0.2) is 5.78 Å². The smallest absolute Gasteiger partial charge is 0.135 e. The van der Waals surface area contributed by atoms with Crippen LogP contribution < -0.4 is 0 Å². The van der Waals surface area contributed by atoms with Crippen LogP contribution in [0.4, 0.5) is 0 Å². The molecule has 0 N–H and O–H groups in total. The number of ketones is 1. The molecule has 0 bridgehead atoms. The lowest BCUT2D eigenvalue weighted by Gasteiger charge is -2.06. The summed E-state index contributed by atoms with van der Waals surface area (Å²) in [5.74, 6) is 2.89. The molecule has 2 fully saturated rings. The second-order valence-corrected chi connectivity index (χ2v) is 3.74. The Morgan fingerprint density at radius 1 is 1.30 bits per heavy atom. The van der Waals surface area contributed by atoms with Crippen molar-refractivity contribution in [1.82, 2.24) is 0 Å². The average molecular weight is 138 g/mol. The van der Waals surface area contributed by atoms with E-state index in [0.29, 0.717) is 11.7 Å². The molecule has 0 aromatic heterocycles. The van der Waals surface area contributed by atoms with Crippen molar-refractivity contribution in [2.45, 2.75) is 32.6 Å². The minimum absolute atomic E-state index is 0.466. The summed E-state index contributed by atoms with van der Waals surface area (Å²) in [5.41, 5.74) is 0. The van der Waals surface area contributed by atoms with Crippen LogP contribution >= 0.6 is 0 Å². The van der Waals surface area contributed by atoms with Crippen LogP contribution in [0.2, 0.25) is 0 Å². The van der Waals surface area contributed by atoms with Crippen LogP contribution in [0.15, 0.2) is 0 Å². The Labute approximate surface area is 61.8 Å². The van der Waals surface area contributed by atoms with Crippen molar-refractivity contribution < 1.29 is 4.79 Å². The molecule has 2 aliphatic rings. The molecule has 10 heavy (non-hydrogen) atoms. The fourth-order valence-electron chi connectivity index (χ4n) is 2.27. The lowest BCUT2D eigenvalue weighted by Crippen LogP contribution is -2.10. The number of hydrogen-bond acceptors (Lipinski definition) is 1. The maximum absolute atomic E-state index is 11.2. The summed E-state index contributed by atoms with van der Waals surface area (Å²) in [6, 6.07) is 0. The third-order valence-electron chi connectivity index (χ3n) is 3.05. The number of rotatable bonds is 2. The largest absolute Gasteiger partial charge is 0.299 e. The molecule has 0 amide bonds. The van der Waals surface area contributed by atoms with Gasteiger partial charge in [-0.25, -0.2) is 0 Å². The number of carbonyl (C=O) groups is 1. The second-order valence-electron chi connectivity index (χ2n) is 3.74. The zero-order valence-corrected chi connectivity index (χ0v) is 6.47. The predicted molar refractivity (Wildman–Crippen MR) is 39.6 cm³/mol. The number of Topliss-reactive ketones (excluding diaryl/α,β-unsaturated/α-hetero) is 1. The molecule has 2 aliphatic carbocycles. The minimum atomic E-state index is 0.466. The van der Waals surface area contributed by atoms with Crippen molar-refractivity contribution in [3.05, 3.63) is 0 Å². The molecule has 1 heteroatoms. The van der Waals surface area contributed by atoms with Gasteiger partial charge in [-0.1, -0.05) is 6.92 Å². The standard InChI is InChI=1S/C9H14O/c1-2-9(10)8-4-6-3-7(6)5-8/h6-8H,2-5H2,1H3. The van der Waals surface area contributed by atoms with Crippen LogP contribution in [0, 0.1) is 17.8 Å². The Kier molecular flexibility index (Phi) is 1.33. The molecule has 0 spiro atoms. The highest BCUT2D eigenvalue weighted by atomic mass is 16.1. The monoisotopic (exact) mass is 138 g/mol. The van der Waals surface area contributed by atoms with Crippen LogP contribution in [0.25, 0.3) is 0 Å². The fourth-order valence-corrected chi connectivity index (χ4v) is 2.27. The summed E-state index contributed by atoms with van der Waals surface area (Å²) in [4.78, 5) is 11.2. The van der Waals surface area contributed by atoms with Gasteiger partial charge >= 0.3 is 0 Å². The number of hydrogen-bond donors (Lipinski definition) is 0. The van der Waals surface area contributed by atoms with Gasteiger partial charge in [-0.05, 0) is 31.1 Å². The molecule has 0 aliphatic heterocycles. The van der Waals surface area contributed by atoms with E-state index in [1.807, 2.05) is 6.92 Å². The van der Waals surface area contributed by atoms with Gasteiger partial charge in [-0.3, -0.25) is 4.79 Å². The molecule has 0 radical (unpaired) electrons. The Morgan fingerprint density at radius 3 is 2.40 bits per heavy atom. The molecule has 2 unspecified atom stereocenters. The maximum atomic E-state index is 11.2. The summed E-state index contributed by atoms with van der Waals surface area (Å²) >= 11 is 0. The van der Waals surface area contributed by atoms with Gasteiger partial charge in [0.1, 0.15) is 5.78 Å². The molecule has 2 rings (SSSR count). The highest BCUT2D eigenvalue weighted by molar-refractivity contribution is 5.81. The van der Waals surface area contributed by atoms with E-state index in [4.69, 9.17) is 0 Å². The summed E-state index contributed by atoms with van der Waals surface area (Å²) in [6.45, 7) is 1.98. The highest BCUT2D eigenvalue weighted by Crippen LogP contribution is 2.54. The summed E-state index contributed by atoms with van der Waals surface area (Å²) in [6.07, 6.45) is 4.62. The number of carbonyl (C=O) groups excluding carboxylic acids is 1. The van der Waals surface area contributed by atoms with Gasteiger partial charge < -0.3 is 0 Å². The molecule has 56 valence electrons. The topological polar surface area (TPSA) is 17.1 Å². The second kappa shape index (κ2) is 2.08. The average Bonchev–Trinajstić information content (AvgIpc) is 2.57. The van der Waals surface area contributed by atoms with Crippen LogP contribution in [0.5, 0.6) is 0 Å². The van der Waals surface area contributed by atoms with Crippen molar-refractivity contribution in [3.8, 4) is 0 Å². The molecule has 0 saturated heterocycles. The van der Waals surface area contributed by atoms with E-state index in [-0.39, 0.29) is 0 Å². The third-order valence-corrected chi connectivity index (χ3v) is 3.05. The van der Waals surface area contributed by atoms with E-state index in [9.17, 15) is 4.79 Å². The highest BCUT2D eigenvalue weighted by Gasteiger charge is 2.47. The van der Waals surface area contributed by atoms with Crippen molar-refractivity contribution in [1.29, 1.82) is 0 Å². The Morgan fingerprint density at radius 2 is 1.90 bits per heavy atom. The Hall–Kier alpha value is -0.330. The van der Waals surface area contributed by atoms with Gasteiger partial charge in [-0.15, -0.1) is 0 Å². The lowest BCUT2D eigenvalue weighted by molar-refractivity contribution is -0.122. The van der Waals surface area contributed by atoms with E-state index < -0.39 is 0 Å². The van der Waals surface area contributed by atoms with Crippen molar-refractivity contribution in [2.24, 2.45) is 17.8 Å². The molecule has 0 aromatic carbocycles. The van der Waals surface area contributed by atoms with Crippen molar-refractivity contribution >= 4 is 5.78 Å². The van der Waals surface area contributed by atoms with Crippen molar-refractivity contribution in [3.63, 3.8) is 0 Å². The van der Waals surface area contributed by atoms with Crippen LogP contribution in [-0.2, 0) is 4.79 Å². The van der Waals surface area contributed by atoms with Crippen LogP contribution in [0.3, 0.4) is 0 Å². The van der Waals surface area contributed by atoms with E-state index in [1.165, 1.54) is 19.3 Å². The normalized spacial score (nSPS) is 43.1. The first-order valence-electron chi connectivity index (χ1n) is 4.34. The molecule has 0 aromatic rings. The first kappa shape index (κ1) is 6.38. The van der Waals surface area contributed by atoms with E-state index in [2.05, 4.69) is 0 Å². The lowest BCUT2D eigenvalue weighted by atomic mass is 9.97. The third kappa shape index (κ3) is 0.882. The summed E-state index contributed by atoms with van der Waals surface area (Å²) in [7, 11) is 0. The van der Waals surface area contributed by atoms with E-state index >= 15 is 0 Å². The van der Waals surface area contributed by atoms with E-state index in [0.717, 1.165) is 18.3 Å². The van der Waals surface area contributed by atoms with Gasteiger partial charge in [0.25, 0.3) is 0 Å². The number of fused-ring (bicyclic) bond motifs is 1. The Balaban J connectivity index is 1.90. The van der Waals surface area contributed by atoms with E-state index in [1.54, 1.807) is 0 Å². The Bertz CT molecular complexity index is 152. The molecule has 0 heterocycles. The zero-order valence-electron chi connectivity index (χ0n) is 6.47. The SMILES string of the molecule is CCC(=O)C1CC2CC2C1. The van der Waals surface area contributed by atoms with Gasteiger partial charge in [0.2, 0.25) is 0 Å². The molecule has 2 saturated carbocycles. The molecular formula is C9H14O. The molecule has 1 nitrogen and oxygen atoms in total. The van der Waals surface area contributed by atoms with Gasteiger partial charge in [0, 0.05) is 12.3 Å². The fraction of sp³-hybridized carbons (Fsp3) is 0.889. The first-order valence-corrected chi connectivity index (χ1v) is 4.34. The van der Waals surface area contributed by atoms with Crippen LogP contribution in [0.1, 0.15) is 32.6 Å². The molecular weight excluding hydrogens is 124 g/mol. The predicted octanol–water partition coefficient (Wildman–Crippen LogP) is 2.01. The molecule has 2 atom stereocenters. The first-order chi connectivity index (χ1) is 4.81.